The van der Waals surface area contributed by atoms with Gasteiger partial charge in [0.25, 0.3) is 0 Å². The Kier molecular flexibility index (Phi) is 7.59. The Morgan fingerprint density at radius 3 is 1.92 bits per heavy atom. The first-order valence-electron chi connectivity index (χ1n) is 9.96. The molecule has 2 saturated carbocycles. The summed E-state index contributed by atoms with van der Waals surface area (Å²) < 4.78 is 0. The van der Waals surface area contributed by atoms with Gasteiger partial charge >= 0.3 is 0 Å². The summed E-state index contributed by atoms with van der Waals surface area (Å²) in [5, 5.41) is 0. The molecule has 2 fully saturated rings. The van der Waals surface area contributed by atoms with Crippen molar-refractivity contribution in [1.82, 2.24) is 0 Å². The van der Waals surface area contributed by atoms with Crippen molar-refractivity contribution in [3.63, 3.8) is 0 Å². The normalized spacial score (nSPS) is 30.9. The monoisotopic (exact) mass is 326 g/mol. The second-order valence-electron chi connectivity index (χ2n) is 8.15. The fraction of sp³-hybridized carbons (Fsp3) is 0.667. The lowest BCUT2D eigenvalue weighted by atomic mass is 9.68. The van der Waals surface area contributed by atoms with Crippen LogP contribution in [0.5, 0.6) is 0 Å². The summed E-state index contributed by atoms with van der Waals surface area (Å²) in [6.45, 7) is 4.53. The maximum Gasteiger partial charge on any atom is -0.00976 e. The second kappa shape index (κ2) is 9.44. The van der Waals surface area contributed by atoms with E-state index in [0.717, 1.165) is 30.1 Å². The van der Waals surface area contributed by atoms with Crippen LogP contribution in [0.1, 0.15) is 89.7 Å². The van der Waals surface area contributed by atoms with Crippen LogP contribution in [0.25, 0.3) is 0 Å². The number of rotatable bonds is 4. The highest BCUT2D eigenvalue weighted by molar-refractivity contribution is 5.27. The summed E-state index contributed by atoms with van der Waals surface area (Å²) in [6, 6.07) is 9.46. The van der Waals surface area contributed by atoms with Gasteiger partial charge in [-0.25, -0.2) is 0 Å². The molecule has 134 valence electrons. The zero-order valence-corrected chi connectivity index (χ0v) is 15.1. The largest absolute Gasteiger partial charge is 0.0913 e. The zero-order valence-electron chi connectivity index (χ0n) is 15.1. The first kappa shape index (κ1) is 19.3. The number of allylic oxidation sites excluding steroid dienone is 2. The van der Waals surface area contributed by atoms with Gasteiger partial charge in [-0.3, -0.25) is 0 Å². The third-order valence-corrected chi connectivity index (χ3v) is 6.54. The molecule has 0 aromatic heterocycles. The van der Waals surface area contributed by atoms with Crippen LogP contribution in [0, 0.1) is 17.8 Å². The molecule has 0 spiro atoms. The van der Waals surface area contributed by atoms with Crippen LogP contribution in [0.3, 0.4) is 0 Å². The predicted molar refractivity (Wildman–Crippen MR) is 108 cm³/mol. The second-order valence-corrected chi connectivity index (χ2v) is 8.15. The Labute approximate surface area is 150 Å². The molecule has 3 rings (SSSR count). The summed E-state index contributed by atoms with van der Waals surface area (Å²) in [7, 11) is 0. The molecule has 0 unspecified atom stereocenters. The van der Waals surface area contributed by atoms with E-state index in [0.29, 0.717) is 0 Å². The van der Waals surface area contributed by atoms with E-state index in [1.54, 1.807) is 5.56 Å². The van der Waals surface area contributed by atoms with Crippen molar-refractivity contribution in [3.8, 4) is 0 Å². The minimum atomic E-state index is 0. The average Bonchev–Trinajstić information content (AvgIpc) is 2.61. The molecule has 0 N–H and O–H groups in total. The van der Waals surface area contributed by atoms with Crippen molar-refractivity contribution < 1.29 is 0 Å². The van der Waals surface area contributed by atoms with Crippen molar-refractivity contribution in [2.24, 2.45) is 17.8 Å². The molecule has 0 amide bonds. The van der Waals surface area contributed by atoms with Gasteiger partial charge in [0.2, 0.25) is 0 Å². The molecule has 0 aliphatic heterocycles. The summed E-state index contributed by atoms with van der Waals surface area (Å²) in [4.78, 5) is 0. The standard InChI is InChI=1S/C23H34.CH4/c1-3-4-5-19-8-12-21(13-9-19)23-16-14-22(15-17-23)20-10-6-18(2)7-11-20;/h3-4,8-9,12-13,18,20,22-23H,5-7,10-11,14-17H2,1-2H3;1H4. The molecule has 2 aliphatic rings. The highest BCUT2D eigenvalue weighted by Gasteiger charge is 2.30. The fourth-order valence-electron chi connectivity index (χ4n) is 4.86. The van der Waals surface area contributed by atoms with Gasteiger partial charge < -0.3 is 0 Å². The van der Waals surface area contributed by atoms with Gasteiger partial charge in [-0.15, -0.1) is 0 Å². The highest BCUT2D eigenvalue weighted by atomic mass is 14.4. The van der Waals surface area contributed by atoms with E-state index in [1.807, 2.05) is 0 Å². The van der Waals surface area contributed by atoms with Crippen LogP contribution in [0.2, 0.25) is 0 Å². The molecule has 1 aromatic rings. The molecule has 2 aliphatic carbocycles. The van der Waals surface area contributed by atoms with E-state index >= 15 is 0 Å². The van der Waals surface area contributed by atoms with Gasteiger partial charge in [-0.05, 0) is 86.7 Å². The van der Waals surface area contributed by atoms with E-state index in [4.69, 9.17) is 0 Å². The molecule has 0 nitrogen and oxygen atoms in total. The topological polar surface area (TPSA) is 0 Å². The molecule has 0 bridgehead atoms. The molecule has 1 aromatic carbocycles. The molecule has 0 atom stereocenters. The van der Waals surface area contributed by atoms with Gasteiger partial charge in [0, 0.05) is 0 Å². The first-order chi connectivity index (χ1) is 11.3. The fourth-order valence-corrected chi connectivity index (χ4v) is 4.86. The maximum atomic E-state index is 2.44. The lowest BCUT2D eigenvalue weighted by molar-refractivity contribution is 0.165. The maximum absolute atomic E-state index is 2.44. The average molecular weight is 327 g/mol. The lowest BCUT2D eigenvalue weighted by Gasteiger charge is -2.37. The van der Waals surface area contributed by atoms with Gasteiger partial charge in [0.15, 0.2) is 0 Å². The Balaban J connectivity index is 0.00000208. The molecule has 24 heavy (non-hydrogen) atoms. The van der Waals surface area contributed by atoms with Crippen molar-refractivity contribution >= 4 is 0 Å². The van der Waals surface area contributed by atoms with Crippen molar-refractivity contribution in [2.45, 2.75) is 85.0 Å². The third-order valence-electron chi connectivity index (χ3n) is 6.54. The van der Waals surface area contributed by atoms with Crippen LogP contribution in [-0.2, 0) is 6.42 Å². The molecule has 0 heteroatoms. The molecule has 0 saturated heterocycles. The molecular weight excluding hydrogens is 288 g/mol. The van der Waals surface area contributed by atoms with E-state index in [-0.39, 0.29) is 7.43 Å². The third kappa shape index (κ3) is 4.98. The zero-order chi connectivity index (χ0) is 16.1. The summed E-state index contributed by atoms with van der Waals surface area (Å²) >= 11 is 0. The Bertz CT molecular complexity index is 479. The van der Waals surface area contributed by atoms with Gasteiger partial charge in [0.1, 0.15) is 0 Å². The van der Waals surface area contributed by atoms with Crippen LogP contribution in [0.15, 0.2) is 36.4 Å². The van der Waals surface area contributed by atoms with Crippen molar-refractivity contribution in [2.75, 3.05) is 0 Å². The SMILES string of the molecule is C.CC=CCc1ccc(C2CCC(C3CCC(C)CC3)CC2)cc1. The van der Waals surface area contributed by atoms with E-state index in [9.17, 15) is 0 Å². The first-order valence-corrected chi connectivity index (χ1v) is 9.96. The number of benzene rings is 1. The number of hydrogen-bond acceptors (Lipinski definition) is 0. The quantitative estimate of drug-likeness (QED) is 0.501. The van der Waals surface area contributed by atoms with Crippen molar-refractivity contribution in [3.05, 3.63) is 47.5 Å². The van der Waals surface area contributed by atoms with Crippen LogP contribution in [-0.4, -0.2) is 0 Å². The van der Waals surface area contributed by atoms with Gasteiger partial charge in [-0.1, -0.05) is 63.6 Å². The van der Waals surface area contributed by atoms with Crippen LogP contribution in [0.4, 0.5) is 0 Å². The van der Waals surface area contributed by atoms with Crippen molar-refractivity contribution in [1.29, 1.82) is 0 Å². The Hall–Kier alpha value is -1.04. The minimum absolute atomic E-state index is 0. The highest BCUT2D eigenvalue weighted by Crippen LogP contribution is 2.43. The van der Waals surface area contributed by atoms with E-state index < -0.39 is 0 Å². The smallest absolute Gasteiger partial charge is 0.00976 e. The summed E-state index contributed by atoms with van der Waals surface area (Å²) in [5.74, 6) is 3.90. The molecule has 0 heterocycles. The molecular formula is C24H38. The Morgan fingerprint density at radius 2 is 1.38 bits per heavy atom. The van der Waals surface area contributed by atoms with E-state index in [2.05, 4.69) is 50.3 Å². The summed E-state index contributed by atoms with van der Waals surface area (Å²) in [6.07, 6.45) is 17.2. The number of hydrogen-bond donors (Lipinski definition) is 0. The van der Waals surface area contributed by atoms with Crippen LogP contribution >= 0.6 is 0 Å². The van der Waals surface area contributed by atoms with Gasteiger partial charge in [0.05, 0.1) is 0 Å². The van der Waals surface area contributed by atoms with E-state index in [1.165, 1.54) is 56.9 Å². The summed E-state index contributed by atoms with van der Waals surface area (Å²) in [5.41, 5.74) is 3.03. The van der Waals surface area contributed by atoms with Gasteiger partial charge in [-0.2, -0.15) is 0 Å². The minimum Gasteiger partial charge on any atom is -0.0913 e. The Morgan fingerprint density at radius 1 is 0.833 bits per heavy atom. The molecule has 0 radical (unpaired) electrons. The predicted octanol–water partition coefficient (Wildman–Crippen LogP) is 7.54. The van der Waals surface area contributed by atoms with Crippen LogP contribution < -0.4 is 0 Å². The lowest BCUT2D eigenvalue weighted by Crippen LogP contribution is -2.24.